The standard InChI is InChI=1S/C12H15NO/c1-2-9(3-1)10-6-7-13-12(8-10)14-11-4-5-11/h6-9,11H,1-5H2. The fraction of sp³-hybridized carbons (Fsp3) is 0.583. The predicted octanol–water partition coefficient (Wildman–Crippen LogP) is 2.89. The zero-order chi connectivity index (χ0) is 9.38. The van der Waals surface area contributed by atoms with Gasteiger partial charge >= 0.3 is 0 Å². The third kappa shape index (κ3) is 1.61. The van der Waals surface area contributed by atoms with Gasteiger partial charge in [-0.05, 0) is 43.2 Å². The van der Waals surface area contributed by atoms with Gasteiger partial charge in [-0.3, -0.25) is 0 Å². The highest BCUT2D eigenvalue weighted by Gasteiger charge is 2.25. The van der Waals surface area contributed by atoms with Gasteiger partial charge in [0.25, 0.3) is 0 Å². The maximum atomic E-state index is 5.67. The summed E-state index contributed by atoms with van der Waals surface area (Å²) in [6, 6.07) is 4.26. The van der Waals surface area contributed by atoms with Gasteiger partial charge in [0.15, 0.2) is 0 Å². The number of rotatable bonds is 3. The van der Waals surface area contributed by atoms with Crippen LogP contribution in [0.25, 0.3) is 0 Å². The maximum Gasteiger partial charge on any atom is 0.213 e. The zero-order valence-electron chi connectivity index (χ0n) is 8.28. The van der Waals surface area contributed by atoms with E-state index in [0.29, 0.717) is 6.10 Å². The summed E-state index contributed by atoms with van der Waals surface area (Å²) in [4.78, 5) is 4.24. The van der Waals surface area contributed by atoms with Crippen molar-refractivity contribution >= 4 is 0 Å². The van der Waals surface area contributed by atoms with Crippen LogP contribution < -0.4 is 4.74 Å². The summed E-state index contributed by atoms with van der Waals surface area (Å²) in [5, 5.41) is 0. The van der Waals surface area contributed by atoms with E-state index in [1.165, 1.54) is 37.7 Å². The van der Waals surface area contributed by atoms with Crippen molar-refractivity contribution in [2.45, 2.75) is 44.1 Å². The van der Waals surface area contributed by atoms with Crippen LogP contribution in [0.4, 0.5) is 0 Å². The van der Waals surface area contributed by atoms with Crippen molar-refractivity contribution in [2.75, 3.05) is 0 Å². The molecule has 0 aromatic carbocycles. The molecule has 0 bridgehead atoms. The predicted molar refractivity (Wildman–Crippen MR) is 54.5 cm³/mol. The van der Waals surface area contributed by atoms with Gasteiger partial charge in [-0.1, -0.05) is 6.42 Å². The Hall–Kier alpha value is -1.05. The summed E-state index contributed by atoms with van der Waals surface area (Å²) in [5.41, 5.74) is 1.42. The average molecular weight is 189 g/mol. The molecule has 1 aromatic heterocycles. The second-order valence-corrected chi connectivity index (χ2v) is 4.37. The van der Waals surface area contributed by atoms with Crippen LogP contribution >= 0.6 is 0 Å². The van der Waals surface area contributed by atoms with Crippen molar-refractivity contribution < 1.29 is 4.74 Å². The van der Waals surface area contributed by atoms with E-state index in [-0.39, 0.29) is 0 Å². The van der Waals surface area contributed by atoms with E-state index in [1.54, 1.807) is 0 Å². The highest BCUT2D eigenvalue weighted by molar-refractivity contribution is 5.25. The molecular weight excluding hydrogens is 174 g/mol. The first-order valence-corrected chi connectivity index (χ1v) is 5.54. The van der Waals surface area contributed by atoms with Gasteiger partial charge in [0.05, 0.1) is 0 Å². The Morgan fingerprint density at radius 1 is 1.21 bits per heavy atom. The molecule has 0 radical (unpaired) electrons. The Morgan fingerprint density at radius 3 is 2.71 bits per heavy atom. The van der Waals surface area contributed by atoms with Crippen molar-refractivity contribution in [3.05, 3.63) is 23.9 Å². The summed E-state index contributed by atoms with van der Waals surface area (Å²) >= 11 is 0. The summed E-state index contributed by atoms with van der Waals surface area (Å²) in [7, 11) is 0. The second-order valence-electron chi connectivity index (χ2n) is 4.37. The van der Waals surface area contributed by atoms with Crippen molar-refractivity contribution in [3.63, 3.8) is 0 Å². The van der Waals surface area contributed by atoms with Gasteiger partial charge in [0.1, 0.15) is 6.10 Å². The summed E-state index contributed by atoms with van der Waals surface area (Å²) in [6.45, 7) is 0. The van der Waals surface area contributed by atoms with Gasteiger partial charge in [-0.25, -0.2) is 4.98 Å². The maximum absolute atomic E-state index is 5.67. The molecule has 0 aliphatic heterocycles. The van der Waals surface area contributed by atoms with Crippen LogP contribution in [0.2, 0.25) is 0 Å². The topological polar surface area (TPSA) is 22.1 Å². The lowest BCUT2D eigenvalue weighted by atomic mass is 9.80. The molecule has 0 unspecified atom stereocenters. The second kappa shape index (κ2) is 3.26. The molecule has 1 aromatic rings. The first-order chi connectivity index (χ1) is 6.92. The largest absolute Gasteiger partial charge is 0.474 e. The van der Waals surface area contributed by atoms with Crippen molar-refractivity contribution in [2.24, 2.45) is 0 Å². The van der Waals surface area contributed by atoms with Crippen molar-refractivity contribution in [1.29, 1.82) is 0 Å². The normalized spacial score (nSPS) is 21.7. The fourth-order valence-corrected chi connectivity index (χ4v) is 1.84. The minimum absolute atomic E-state index is 0.458. The van der Waals surface area contributed by atoms with E-state index in [4.69, 9.17) is 4.74 Å². The molecule has 0 N–H and O–H groups in total. The average Bonchev–Trinajstić information content (AvgIpc) is 2.85. The van der Waals surface area contributed by atoms with Gasteiger partial charge < -0.3 is 4.74 Å². The molecule has 14 heavy (non-hydrogen) atoms. The Labute approximate surface area is 84.3 Å². The van der Waals surface area contributed by atoms with Crippen LogP contribution in [-0.4, -0.2) is 11.1 Å². The minimum atomic E-state index is 0.458. The molecule has 2 nitrogen and oxygen atoms in total. The highest BCUT2D eigenvalue weighted by atomic mass is 16.5. The van der Waals surface area contributed by atoms with Crippen LogP contribution in [0.15, 0.2) is 18.3 Å². The summed E-state index contributed by atoms with van der Waals surface area (Å²) in [5.74, 6) is 1.61. The molecule has 0 atom stereocenters. The molecule has 2 aliphatic rings. The smallest absolute Gasteiger partial charge is 0.213 e. The number of ether oxygens (including phenoxy) is 1. The number of aromatic nitrogens is 1. The zero-order valence-corrected chi connectivity index (χ0v) is 8.28. The van der Waals surface area contributed by atoms with E-state index in [2.05, 4.69) is 17.1 Å². The number of hydrogen-bond acceptors (Lipinski definition) is 2. The number of pyridine rings is 1. The van der Waals surface area contributed by atoms with Gasteiger partial charge in [0.2, 0.25) is 5.88 Å². The first kappa shape index (κ1) is 8.27. The lowest BCUT2D eigenvalue weighted by Gasteiger charge is -2.25. The molecular formula is C12H15NO. The first-order valence-electron chi connectivity index (χ1n) is 5.54. The lowest BCUT2D eigenvalue weighted by molar-refractivity contribution is 0.289. The van der Waals surface area contributed by atoms with Gasteiger partial charge in [0, 0.05) is 12.3 Å². The Bertz CT molecular complexity index is 329. The number of hydrogen-bond donors (Lipinski definition) is 0. The fourth-order valence-electron chi connectivity index (χ4n) is 1.84. The van der Waals surface area contributed by atoms with Crippen LogP contribution in [0.5, 0.6) is 5.88 Å². The lowest BCUT2D eigenvalue weighted by Crippen LogP contribution is -2.09. The van der Waals surface area contributed by atoms with Crippen LogP contribution in [0.1, 0.15) is 43.6 Å². The minimum Gasteiger partial charge on any atom is -0.474 e. The van der Waals surface area contributed by atoms with E-state index < -0.39 is 0 Å². The van der Waals surface area contributed by atoms with E-state index in [9.17, 15) is 0 Å². The van der Waals surface area contributed by atoms with E-state index in [1.807, 2.05) is 6.20 Å². The van der Waals surface area contributed by atoms with Gasteiger partial charge in [-0.2, -0.15) is 0 Å². The molecule has 0 spiro atoms. The molecule has 0 saturated heterocycles. The highest BCUT2D eigenvalue weighted by Crippen LogP contribution is 2.37. The molecule has 2 fully saturated rings. The number of nitrogens with zero attached hydrogens (tertiary/aromatic N) is 1. The van der Waals surface area contributed by atoms with E-state index in [0.717, 1.165) is 11.8 Å². The monoisotopic (exact) mass is 189 g/mol. The van der Waals surface area contributed by atoms with Crippen LogP contribution in [0.3, 0.4) is 0 Å². The third-order valence-corrected chi connectivity index (χ3v) is 3.15. The molecule has 3 rings (SSSR count). The van der Waals surface area contributed by atoms with Gasteiger partial charge in [-0.15, -0.1) is 0 Å². The summed E-state index contributed by atoms with van der Waals surface area (Å²) < 4.78 is 5.67. The Balaban J connectivity index is 1.75. The third-order valence-electron chi connectivity index (χ3n) is 3.15. The molecule has 74 valence electrons. The Morgan fingerprint density at radius 2 is 2.07 bits per heavy atom. The van der Waals surface area contributed by atoms with E-state index >= 15 is 0 Å². The van der Waals surface area contributed by atoms with Crippen LogP contribution in [0, 0.1) is 0 Å². The Kier molecular flexibility index (Phi) is 1.93. The molecule has 2 aliphatic carbocycles. The molecule has 2 saturated carbocycles. The quantitative estimate of drug-likeness (QED) is 0.729. The van der Waals surface area contributed by atoms with Crippen LogP contribution in [-0.2, 0) is 0 Å². The van der Waals surface area contributed by atoms with Crippen molar-refractivity contribution in [3.8, 4) is 5.88 Å². The summed E-state index contributed by atoms with van der Waals surface area (Å²) in [6.07, 6.45) is 8.81. The SMILES string of the molecule is c1cc(C2CCC2)cc(OC2CC2)n1. The van der Waals surface area contributed by atoms with Crippen molar-refractivity contribution in [1.82, 2.24) is 4.98 Å². The molecule has 1 heterocycles. The molecule has 2 heteroatoms. The molecule has 0 amide bonds.